The summed E-state index contributed by atoms with van der Waals surface area (Å²) >= 11 is 0. The number of carbonyl (C=O) groups is 3. The monoisotopic (exact) mass is 229 g/mol. The van der Waals surface area contributed by atoms with Gasteiger partial charge >= 0.3 is 11.9 Å². The zero-order valence-corrected chi connectivity index (χ0v) is 8.16. The number of aliphatic hydroxyl groups is 1. The molecule has 0 saturated heterocycles. The van der Waals surface area contributed by atoms with Crippen molar-refractivity contribution in [1.82, 2.24) is 0 Å². The molecule has 88 valence electrons. The van der Waals surface area contributed by atoms with Crippen LogP contribution in [0.5, 0.6) is 0 Å². The van der Waals surface area contributed by atoms with Crippen LogP contribution in [0.3, 0.4) is 0 Å². The Morgan fingerprint density at radius 1 is 1.19 bits per heavy atom. The minimum atomic E-state index is -1.64. The van der Waals surface area contributed by atoms with Gasteiger partial charge < -0.3 is 21.1 Å². The number of carboxylic acid groups (broad SMARTS) is 2. The van der Waals surface area contributed by atoms with Crippen molar-refractivity contribution < 1.29 is 29.7 Å². The van der Waals surface area contributed by atoms with Crippen LogP contribution in [0.1, 0.15) is 6.42 Å². The maximum Gasteiger partial charge on any atom is 0.376 e. The van der Waals surface area contributed by atoms with Crippen molar-refractivity contribution in [3.05, 3.63) is 24.0 Å². The van der Waals surface area contributed by atoms with Crippen LogP contribution in [-0.4, -0.2) is 39.1 Å². The van der Waals surface area contributed by atoms with E-state index in [1.807, 2.05) is 0 Å². The lowest BCUT2D eigenvalue weighted by Crippen LogP contribution is -2.30. The number of rotatable bonds is 6. The first-order valence-electron chi connectivity index (χ1n) is 4.15. The van der Waals surface area contributed by atoms with Crippen LogP contribution in [0.15, 0.2) is 24.0 Å². The molecule has 0 aliphatic heterocycles. The molecule has 0 aliphatic rings. The third-order valence-corrected chi connectivity index (χ3v) is 1.60. The van der Waals surface area contributed by atoms with Crippen molar-refractivity contribution in [1.29, 1.82) is 0 Å². The molecular formula is C9H11NO6. The number of hydrogen-bond donors (Lipinski definition) is 4. The number of aliphatic carboxylic acids is 2. The van der Waals surface area contributed by atoms with Crippen molar-refractivity contribution in [2.24, 2.45) is 5.73 Å². The van der Waals surface area contributed by atoms with Gasteiger partial charge in [0.05, 0.1) is 6.26 Å². The lowest BCUT2D eigenvalue weighted by atomic mass is 10.1. The van der Waals surface area contributed by atoms with E-state index >= 15 is 0 Å². The fourth-order valence-corrected chi connectivity index (χ4v) is 0.759. The molecular weight excluding hydrogens is 218 g/mol. The zero-order valence-electron chi connectivity index (χ0n) is 8.16. The molecule has 0 aromatic heterocycles. The second-order valence-corrected chi connectivity index (χ2v) is 2.86. The summed E-state index contributed by atoms with van der Waals surface area (Å²) in [7, 11) is 0. The highest BCUT2D eigenvalue weighted by Crippen LogP contribution is 2.05. The molecule has 0 aromatic rings. The third-order valence-electron chi connectivity index (χ3n) is 1.60. The van der Waals surface area contributed by atoms with Gasteiger partial charge in [-0.05, 0) is 11.6 Å². The van der Waals surface area contributed by atoms with Gasteiger partial charge in [-0.2, -0.15) is 0 Å². The van der Waals surface area contributed by atoms with E-state index in [0.717, 1.165) is 6.08 Å². The van der Waals surface area contributed by atoms with Crippen molar-refractivity contribution in [2.45, 2.75) is 12.5 Å². The fourth-order valence-electron chi connectivity index (χ4n) is 0.759. The Bertz CT molecular complexity index is 357. The van der Waals surface area contributed by atoms with Crippen LogP contribution >= 0.6 is 0 Å². The van der Waals surface area contributed by atoms with Crippen LogP contribution in [0.2, 0.25) is 0 Å². The van der Waals surface area contributed by atoms with E-state index in [0.29, 0.717) is 12.3 Å². The van der Waals surface area contributed by atoms with Crippen LogP contribution in [-0.2, 0) is 14.4 Å². The standard InChI is InChI=1S/C9H11NO6/c10-6(8(13)14)3-5(4-11)1-2-7(12)9(15)16/h1-2,4,6,11H,3,10H2,(H,13,14)(H,15,16)/b2-1+,5-4-. The predicted octanol–water partition coefficient (Wildman–Crippen LogP) is -0.560. The highest BCUT2D eigenvalue weighted by molar-refractivity contribution is 6.37. The topological polar surface area (TPSA) is 138 Å². The summed E-state index contributed by atoms with van der Waals surface area (Å²) in [6.07, 6.45) is 2.06. The molecule has 7 nitrogen and oxygen atoms in total. The summed E-state index contributed by atoms with van der Waals surface area (Å²) in [5, 5.41) is 25.4. The maximum atomic E-state index is 10.6. The number of hydrogen-bond acceptors (Lipinski definition) is 5. The van der Waals surface area contributed by atoms with Gasteiger partial charge in [0.2, 0.25) is 0 Å². The smallest absolute Gasteiger partial charge is 0.376 e. The average Bonchev–Trinajstić information content (AvgIpc) is 2.22. The van der Waals surface area contributed by atoms with E-state index < -0.39 is 23.8 Å². The Balaban J connectivity index is 4.50. The predicted molar refractivity (Wildman–Crippen MR) is 52.7 cm³/mol. The van der Waals surface area contributed by atoms with Gasteiger partial charge in [0.15, 0.2) is 0 Å². The summed E-state index contributed by atoms with van der Waals surface area (Å²) < 4.78 is 0. The fraction of sp³-hybridized carbons (Fsp3) is 0.222. The molecule has 0 amide bonds. The quantitative estimate of drug-likeness (QED) is 0.207. The number of nitrogens with two attached hydrogens (primary N) is 1. The lowest BCUT2D eigenvalue weighted by Gasteiger charge is -2.05. The molecule has 0 saturated carbocycles. The molecule has 0 bridgehead atoms. The molecule has 0 radical (unpaired) electrons. The van der Waals surface area contributed by atoms with Gasteiger partial charge in [-0.3, -0.25) is 9.59 Å². The third kappa shape index (κ3) is 4.91. The minimum Gasteiger partial charge on any atom is -0.515 e. The molecule has 0 spiro atoms. The summed E-state index contributed by atoms with van der Waals surface area (Å²) in [6.45, 7) is 0. The van der Waals surface area contributed by atoms with Crippen LogP contribution in [0, 0.1) is 0 Å². The molecule has 0 rings (SSSR count). The summed E-state index contributed by atoms with van der Waals surface area (Å²) in [6, 6.07) is -1.23. The van der Waals surface area contributed by atoms with Gasteiger partial charge in [0.1, 0.15) is 6.04 Å². The first-order valence-corrected chi connectivity index (χ1v) is 4.15. The molecule has 5 N–H and O–H groups in total. The summed E-state index contributed by atoms with van der Waals surface area (Å²) in [5.74, 6) is -4.09. The van der Waals surface area contributed by atoms with Crippen LogP contribution in [0.25, 0.3) is 0 Å². The normalized spacial score (nSPS) is 13.7. The summed E-state index contributed by atoms with van der Waals surface area (Å²) in [4.78, 5) is 31.1. The van der Waals surface area contributed by atoms with Gasteiger partial charge in [0.25, 0.3) is 5.78 Å². The molecule has 0 heterocycles. The van der Waals surface area contributed by atoms with Crippen LogP contribution < -0.4 is 5.73 Å². The Kier molecular flexibility index (Phi) is 5.50. The second kappa shape index (κ2) is 6.36. The van der Waals surface area contributed by atoms with Crippen molar-refractivity contribution in [2.75, 3.05) is 0 Å². The minimum absolute atomic E-state index is 0.0458. The largest absolute Gasteiger partial charge is 0.515 e. The number of carboxylic acids is 2. The Hall–Kier alpha value is -2.15. The molecule has 1 unspecified atom stereocenters. The molecule has 16 heavy (non-hydrogen) atoms. The highest BCUT2D eigenvalue weighted by Gasteiger charge is 2.13. The van der Waals surface area contributed by atoms with E-state index in [2.05, 4.69) is 0 Å². The van der Waals surface area contributed by atoms with Gasteiger partial charge in [-0.1, -0.05) is 6.08 Å². The van der Waals surface area contributed by atoms with E-state index in [1.165, 1.54) is 0 Å². The molecule has 0 aliphatic carbocycles. The van der Waals surface area contributed by atoms with Gasteiger partial charge in [-0.25, -0.2) is 4.79 Å². The number of allylic oxidation sites excluding steroid dienone is 1. The number of carbonyl (C=O) groups excluding carboxylic acids is 1. The van der Waals surface area contributed by atoms with Gasteiger partial charge in [0, 0.05) is 6.42 Å². The van der Waals surface area contributed by atoms with E-state index in [1.54, 1.807) is 0 Å². The Morgan fingerprint density at radius 3 is 2.12 bits per heavy atom. The summed E-state index contributed by atoms with van der Waals surface area (Å²) in [5.41, 5.74) is 5.22. The van der Waals surface area contributed by atoms with Crippen molar-refractivity contribution in [3.63, 3.8) is 0 Å². The van der Waals surface area contributed by atoms with Crippen molar-refractivity contribution >= 4 is 17.7 Å². The van der Waals surface area contributed by atoms with Gasteiger partial charge in [-0.15, -0.1) is 0 Å². The Labute approximate surface area is 90.5 Å². The number of ketones is 1. The molecule has 7 heteroatoms. The van der Waals surface area contributed by atoms with E-state index in [9.17, 15) is 14.4 Å². The lowest BCUT2D eigenvalue weighted by molar-refractivity contribution is -0.146. The Morgan fingerprint density at radius 2 is 1.75 bits per heavy atom. The van der Waals surface area contributed by atoms with Crippen molar-refractivity contribution in [3.8, 4) is 0 Å². The van der Waals surface area contributed by atoms with E-state index in [4.69, 9.17) is 21.1 Å². The zero-order chi connectivity index (χ0) is 12.7. The second-order valence-electron chi connectivity index (χ2n) is 2.86. The SMILES string of the molecule is NC(CC(/C=C/C(=O)C(=O)O)=C\O)C(=O)O. The first kappa shape index (κ1) is 13.8. The molecule has 0 aromatic carbocycles. The van der Waals surface area contributed by atoms with E-state index in [-0.39, 0.29) is 12.0 Å². The average molecular weight is 229 g/mol. The maximum absolute atomic E-state index is 10.6. The number of aliphatic hydroxyl groups excluding tert-OH is 1. The molecule has 0 fully saturated rings. The molecule has 1 atom stereocenters. The van der Waals surface area contributed by atoms with Crippen LogP contribution in [0.4, 0.5) is 0 Å². The highest BCUT2D eigenvalue weighted by atomic mass is 16.4. The first-order chi connectivity index (χ1) is 7.38.